The van der Waals surface area contributed by atoms with Crippen molar-refractivity contribution in [2.24, 2.45) is 0 Å². The lowest BCUT2D eigenvalue weighted by Gasteiger charge is -2.54. The van der Waals surface area contributed by atoms with Gasteiger partial charge in [-0.15, -0.1) is 13.2 Å². The molecule has 0 amide bonds. The molecule has 0 bridgehead atoms. The normalized spacial score (nSPS) is 27.2. The molecular weight excluding hydrogens is 830 g/mol. The predicted octanol–water partition coefficient (Wildman–Crippen LogP) is 9.19. The van der Waals surface area contributed by atoms with Gasteiger partial charge in [0.1, 0.15) is 0 Å². The molecule has 5 atom stereocenters. The Morgan fingerprint density at radius 2 is 0.620 bits per heavy atom. The van der Waals surface area contributed by atoms with Gasteiger partial charge in [0.2, 0.25) is 0 Å². The third kappa shape index (κ3) is 6.59. The molecule has 0 aromatic carbocycles. The van der Waals surface area contributed by atoms with Gasteiger partial charge in [0.05, 0.1) is 0 Å². The molecule has 1 heterocycles. The molecule has 300 valence electrons. The first-order valence-electron chi connectivity index (χ1n) is 10.2. The maximum atomic E-state index is 14.4. The summed E-state index contributed by atoms with van der Waals surface area (Å²) in [4.78, 5) is 0. The molecule has 1 aliphatic heterocycles. The van der Waals surface area contributed by atoms with Crippen molar-refractivity contribution in [3.05, 3.63) is 0 Å². The quantitative estimate of drug-likeness (QED) is 0.195. The average Bonchev–Trinajstić information content (AvgIpc) is 2.77. The number of rotatable bonds is 11. The highest BCUT2D eigenvalue weighted by molar-refractivity contribution is 5.18. The van der Waals surface area contributed by atoms with Crippen molar-refractivity contribution >= 4 is 0 Å². The number of hydrogen-bond acceptors (Lipinski definition) is 5. The molecule has 1 saturated heterocycles. The van der Waals surface area contributed by atoms with Crippen LogP contribution in [0.4, 0.5) is 132 Å². The third-order valence-electron chi connectivity index (χ3n) is 5.15. The molecule has 0 spiro atoms. The fraction of sp³-hybridized carbons (Fsp3) is 1.00. The fourth-order valence-corrected chi connectivity index (χ4v) is 2.85. The molecule has 0 N–H and O–H groups in total. The molecule has 0 saturated carbocycles. The maximum absolute atomic E-state index is 14.4. The maximum Gasteiger partial charge on any atom is 0.527 e. The van der Waals surface area contributed by atoms with Crippen LogP contribution in [0.25, 0.3) is 0 Å². The van der Waals surface area contributed by atoms with Gasteiger partial charge in [-0.3, -0.25) is 18.9 Å². The van der Waals surface area contributed by atoms with E-state index in [0.29, 0.717) is 0 Å². The van der Waals surface area contributed by atoms with Crippen LogP contribution < -0.4 is 0 Å². The average molecular weight is 830 g/mol. The first kappa shape index (κ1) is 45.7. The highest BCUT2D eigenvalue weighted by atomic mass is 19.4. The van der Waals surface area contributed by atoms with Gasteiger partial charge in [0.25, 0.3) is 0 Å². The molecule has 0 aliphatic carbocycles. The molecule has 0 aromatic heterocycles. The SMILES string of the molecule is FC(F)(F)OC(F)(F)C(F)(OC(F)(F)C(F)(OC(F)(F)C(F)(OC(F)(F)C1(F)OC(F)(F)C1(F)C(F)(F)F)C(F)(F)F)C(F)(F)F)C(F)(F)F. The van der Waals surface area contributed by atoms with Crippen molar-refractivity contribution in [1.82, 2.24) is 0 Å². The van der Waals surface area contributed by atoms with Gasteiger partial charge in [-0.05, 0) is 0 Å². The number of alkyl halides is 30. The summed E-state index contributed by atoms with van der Waals surface area (Å²) in [5.41, 5.74) is -7.89. The minimum absolute atomic E-state index is 0.866. The minimum Gasteiger partial charge on any atom is -0.269 e. The van der Waals surface area contributed by atoms with E-state index in [0.717, 1.165) is 18.9 Å². The summed E-state index contributed by atoms with van der Waals surface area (Å²) in [7, 11) is 0. The molecule has 1 rings (SSSR count). The zero-order valence-electron chi connectivity index (χ0n) is 20.9. The molecule has 0 radical (unpaired) electrons. The number of hydrogen-bond donors (Lipinski definition) is 0. The van der Waals surface area contributed by atoms with Crippen LogP contribution in [-0.2, 0) is 23.7 Å². The summed E-state index contributed by atoms with van der Waals surface area (Å²) >= 11 is 0. The van der Waals surface area contributed by atoms with Crippen LogP contribution in [0.15, 0.2) is 0 Å². The predicted molar refractivity (Wildman–Crippen MR) is 79.6 cm³/mol. The van der Waals surface area contributed by atoms with E-state index in [9.17, 15) is 132 Å². The summed E-state index contributed by atoms with van der Waals surface area (Å²) in [6, 6.07) is 0. The molecule has 1 fully saturated rings. The van der Waals surface area contributed by atoms with Crippen molar-refractivity contribution in [2.45, 2.75) is 90.7 Å². The van der Waals surface area contributed by atoms with Crippen molar-refractivity contribution in [3.63, 3.8) is 0 Å². The Morgan fingerprint density at radius 1 is 0.360 bits per heavy atom. The molecule has 1 aliphatic rings. The van der Waals surface area contributed by atoms with Gasteiger partial charge in [-0.1, -0.05) is 0 Å². The van der Waals surface area contributed by atoms with Crippen LogP contribution >= 0.6 is 0 Å². The Labute approximate surface area is 247 Å². The smallest absolute Gasteiger partial charge is 0.269 e. The van der Waals surface area contributed by atoms with Gasteiger partial charge in [-0.25, -0.2) is 9.13 Å². The zero-order chi connectivity index (χ0) is 41.0. The zero-order valence-corrected chi connectivity index (χ0v) is 20.9. The van der Waals surface area contributed by atoms with E-state index in [1.54, 1.807) is 4.74 Å². The summed E-state index contributed by atoms with van der Waals surface area (Å²) in [6.07, 6.45) is -83.7. The van der Waals surface area contributed by atoms with Gasteiger partial charge in [0, 0.05) is 0 Å². The van der Waals surface area contributed by atoms with Crippen molar-refractivity contribution in [1.29, 1.82) is 0 Å². The van der Waals surface area contributed by atoms with Crippen LogP contribution in [0.5, 0.6) is 0 Å². The standard InChI is InChI=1S/C15F30O5/c16-1(6(21,22)23)2(17,46-10(1,33)34)11(35,36)47-3(18,7(24,25)26)12(37,38)48-4(19,8(27,28)29)13(39,40)49-5(20,9(30,31)32)14(41,42)50-15(43,44)45. The molecule has 5 unspecified atom stereocenters. The fourth-order valence-electron chi connectivity index (χ4n) is 2.85. The Morgan fingerprint density at radius 3 is 0.840 bits per heavy atom. The second-order valence-electron chi connectivity index (χ2n) is 8.57. The minimum atomic E-state index is -9.19. The Bertz CT molecular complexity index is 1230. The molecule has 5 nitrogen and oxygen atoms in total. The lowest BCUT2D eigenvalue weighted by atomic mass is 9.86. The Balaban J connectivity index is 4.00. The monoisotopic (exact) mass is 830 g/mol. The second-order valence-corrected chi connectivity index (χ2v) is 8.57. The van der Waals surface area contributed by atoms with Crippen molar-refractivity contribution in [3.8, 4) is 0 Å². The Hall–Kier alpha value is -2.30. The van der Waals surface area contributed by atoms with E-state index >= 15 is 0 Å². The number of halogens is 30. The Kier molecular flexibility index (Phi) is 10.4. The molecule has 0 aromatic rings. The molecule has 50 heavy (non-hydrogen) atoms. The lowest BCUT2D eigenvalue weighted by Crippen LogP contribution is -2.86. The molecule has 35 heteroatoms. The van der Waals surface area contributed by atoms with E-state index in [-0.39, 0.29) is 0 Å². The third-order valence-corrected chi connectivity index (χ3v) is 5.15. The summed E-state index contributed by atoms with van der Waals surface area (Å²) in [5, 5.41) is 0. The lowest BCUT2D eigenvalue weighted by molar-refractivity contribution is -0.633. The highest BCUT2D eigenvalue weighted by Gasteiger charge is 3.01. The van der Waals surface area contributed by atoms with Crippen LogP contribution in [0.1, 0.15) is 0 Å². The van der Waals surface area contributed by atoms with E-state index < -0.39 is 90.7 Å². The largest absolute Gasteiger partial charge is 0.527 e. The van der Waals surface area contributed by atoms with Gasteiger partial charge >= 0.3 is 90.7 Å². The number of ether oxygens (including phenoxy) is 5. The summed E-state index contributed by atoms with van der Waals surface area (Å²) < 4.78 is 403. The van der Waals surface area contributed by atoms with E-state index in [2.05, 4.69) is 0 Å². The molecular formula is C15F30O5. The van der Waals surface area contributed by atoms with Crippen LogP contribution in [0, 0.1) is 0 Å². The van der Waals surface area contributed by atoms with Crippen LogP contribution in [0.3, 0.4) is 0 Å². The second kappa shape index (κ2) is 11.3. The summed E-state index contributed by atoms with van der Waals surface area (Å²) in [5.74, 6) is -34.8. The van der Waals surface area contributed by atoms with Gasteiger partial charge in [-0.2, -0.15) is 114 Å². The van der Waals surface area contributed by atoms with E-state index in [1.807, 2.05) is 0 Å². The van der Waals surface area contributed by atoms with Gasteiger partial charge < -0.3 is 0 Å². The van der Waals surface area contributed by atoms with Crippen molar-refractivity contribution < 1.29 is 155 Å². The highest BCUT2D eigenvalue weighted by Crippen LogP contribution is 2.69. The first-order chi connectivity index (χ1) is 21.0. The van der Waals surface area contributed by atoms with Crippen LogP contribution in [0.2, 0.25) is 0 Å². The van der Waals surface area contributed by atoms with Gasteiger partial charge in [0.15, 0.2) is 0 Å². The summed E-state index contributed by atoms with van der Waals surface area (Å²) in [6.45, 7) is 0. The van der Waals surface area contributed by atoms with Crippen molar-refractivity contribution in [2.75, 3.05) is 0 Å². The van der Waals surface area contributed by atoms with E-state index in [4.69, 9.17) is 0 Å². The topological polar surface area (TPSA) is 46.2 Å². The van der Waals surface area contributed by atoms with Crippen LogP contribution in [-0.4, -0.2) is 90.7 Å². The van der Waals surface area contributed by atoms with E-state index in [1.165, 1.54) is 0 Å². The first-order valence-corrected chi connectivity index (χ1v) is 10.2.